The molecule has 13 heavy (non-hydrogen) atoms. The Kier molecular flexibility index (Phi) is 6.53. The number of nitrogens with zero attached hydrogens (tertiary/aromatic N) is 1. The van der Waals surface area contributed by atoms with Gasteiger partial charge in [0.25, 0.3) is 0 Å². The second-order valence-corrected chi connectivity index (χ2v) is 3.86. The van der Waals surface area contributed by atoms with Gasteiger partial charge in [-0.3, -0.25) is 0 Å². The number of thioether (sulfide) groups is 1. The second kappa shape index (κ2) is 6.50. The minimum Gasteiger partial charge on any atom is -0.318 e. The van der Waals surface area contributed by atoms with E-state index in [9.17, 15) is 13.2 Å². The van der Waals surface area contributed by atoms with Crippen LogP contribution in [0.2, 0.25) is 0 Å². The third-order valence-corrected chi connectivity index (χ3v) is 2.20. The minimum atomic E-state index is -4.09. The predicted octanol–water partition coefficient (Wildman–Crippen LogP) is 1.39. The summed E-state index contributed by atoms with van der Waals surface area (Å²) in [6.45, 7) is 2.04. The Hall–Kier alpha value is 0.0600. The number of hydrogen-bond donors (Lipinski definition) is 1. The van der Waals surface area contributed by atoms with Crippen LogP contribution in [0.25, 0.3) is 0 Å². The number of hydrogen-bond acceptors (Lipinski definition) is 3. The molecular formula is C7H15F3N2S. The number of halogens is 3. The lowest BCUT2D eigenvalue weighted by atomic mass is 10.5. The van der Waals surface area contributed by atoms with Crippen molar-refractivity contribution in [1.29, 1.82) is 0 Å². The summed E-state index contributed by atoms with van der Waals surface area (Å²) < 4.78 is 35.1. The molecule has 0 amide bonds. The van der Waals surface area contributed by atoms with Crippen molar-refractivity contribution in [3.05, 3.63) is 0 Å². The summed E-state index contributed by atoms with van der Waals surface area (Å²) >= 11 is 0.0333. The Balaban J connectivity index is 3.31. The summed E-state index contributed by atoms with van der Waals surface area (Å²) in [6, 6.07) is 0. The third kappa shape index (κ3) is 9.98. The lowest BCUT2D eigenvalue weighted by Gasteiger charge is -2.16. The zero-order valence-corrected chi connectivity index (χ0v) is 8.63. The number of nitrogens with one attached hydrogen (secondary N) is 1. The Labute approximate surface area is 80.9 Å². The maximum Gasteiger partial charge on any atom is 0.441 e. The van der Waals surface area contributed by atoms with Crippen LogP contribution < -0.4 is 5.32 Å². The lowest BCUT2D eigenvalue weighted by molar-refractivity contribution is -0.0328. The first kappa shape index (κ1) is 13.1. The predicted molar refractivity (Wildman–Crippen MR) is 49.9 cm³/mol. The molecule has 0 saturated heterocycles. The molecule has 0 aromatic heterocycles. The normalized spacial score (nSPS) is 12.5. The van der Waals surface area contributed by atoms with Gasteiger partial charge < -0.3 is 10.2 Å². The lowest BCUT2D eigenvalue weighted by Crippen LogP contribution is -2.29. The molecular weight excluding hydrogens is 201 g/mol. The van der Waals surface area contributed by atoms with E-state index in [0.29, 0.717) is 6.54 Å². The molecule has 2 nitrogen and oxygen atoms in total. The summed E-state index contributed by atoms with van der Waals surface area (Å²) in [6.07, 6.45) is 0. The van der Waals surface area contributed by atoms with Crippen LogP contribution in [0.5, 0.6) is 0 Å². The molecule has 6 heteroatoms. The van der Waals surface area contributed by atoms with Gasteiger partial charge in [-0.1, -0.05) is 0 Å². The molecule has 0 fully saturated rings. The molecule has 0 unspecified atom stereocenters. The zero-order chi connectivity index (χ0) is 10.3. The van der Waals surface area contributed by atoms with Crippen LogP contribution in [0.1, 0.15) is 0 Å². The van der Waals surface area contributed by atoms with Gasteiger partial charge in [0, 0.05) is 25.4 Å². The smallest absolute Gasteiger partial charge is 0.318 e. The van der Waals surface area contributed by atoms with Gasteiger partial charge in [-0.15, -0.1) is 0 Å². The van der Waals surface area contributed by atoms with Crippen molar-refractivity contribution in [2.24, 2.45) is 0 Å². The van der Waals surface area contributed by atoms with Crippen molar-refractivity contribution in [2.45, 2.75) is 5.51 Å². The summed E-state index contributed by atoms with van der Waals surface area (Å²) in [4.78, 5) is 1.87. The fourth-order valence-electron chi connectivity index (χ4n) is 0.732. The van der Waals surface area contributed by atoms with Gasteiger partial charge in [0.05, 0.1) is 0 Å². The van der Waals surface area contributed by atoms with E-state index in [2.05, 4.69) is 5.32 Å². The topological polar surface area (TPSA) is 15.3 Å². The van der Waals surface area contributed by atoms with E-state index in [0.717, 1.165) is 13.1 Å². The Morgan fingerprint density at radius 3 is 2.38 bits per heavy atom. The van der Waals surface area contributed by atoms with Gasteiger partial charge in [-0.25, -0.2) is 0 Å². The first-order valence-electron chi connectivity index (χ1n) is 3.99. The molecule has 0 aliphatic carbocycles. The van der Waals surface area contributed by atoms with Gasteiger partial charge in [-0.05, 0) is 25.9 Å². The van der Waals surface area contributed by atoms with Gasteiger partial charge >= 0.3 is 5.51 Å². The van der Waals surface area contributed by atoms with Crippen molar-refractivity contribution < 1.29 is 13.2 Å². The second-order valence-electron chi connectivity index (χ2n) is 2.70. The van der Waals surface area contributed by atoms with Gasteiger partial charge in [0.1, 0.15) is 0 Å². The zero-order valence-electron chi connectivity index (χ0n) is 7.82. The summed E-state index contributed by atoms with van der Waals surface area (Å²) in [5.74, 6) is 0.101. The average molecular weight is 216 g/mol. The number of rotatable bonds is 6. The maximum absolute atomic E-state index is 11.7. The van der Waals surface area contributed by atoms with E-state index in [1.807, 2.05) is 19.0 Å². The first-order valence-corrected chi connectivity index (χ1v) is 4.98. The summed E-state index contributed by atoms with van der Waals surface area (Å²) in [5.41, 5.74) is -4.09. The van der Waals surface area contributed by atoms with E-state index in [1.165, 1.54) is 0 Å². The van der Waals surface area contributed by atoms with Gasteiger partial charge in [0.2, 0.25) is 0 Å². The fraction of sp³-hybridized carbons (Fsp3) is 1.00. The first-order chi connectivity index (χ1) is 5.95. The van der Waals surface area contributed by atoms with Crippen LogP contribution in [0.3, 0.4) is 0 Å². The molecule has 0 aromatic carbocycles. The molecule has 0 spiro atoms. The van der Waals surface area contributed by atoms with Crippen LogP contribution in [0, 0.1) is 0 Å². The largest absolute Gasteiger partial charge is 0.441 e. The van der Waals surface area contributed by atoms with E-state index in [4.69, 9.17) is 0 Å². The molecule has 0 saturated carbocycles. The Bertz CT molecular complexity index is 129. The Morgan fingerprint density at radius 2 is 1.92 bits per heavy atom. The number of likely N-dealkylation sites (N-methyl/N-ethyl adjacent to an activating group) is 2. The molecule has 0 heterocycles. The molecule has 0 atom stereocenters. The molecule has 0 bridgehead atoms. The SMILES string of the molecule is CNCCN(C)CCSC(F)(F)F. The van der Waals surface area contributed by atoms with Crippen molar-refractivity contribution in [2.75, 3.05) is 39.5 Å². The highest BCUT2D eigenvalue weighted by atomic mass is 32.2. The molecule has 0 radical (unpaired) electrons. The highest BCUT2D eigenvalue weighted by Crippen LogP contribution is 2.29. The van der Waals surface area contributed by atoms with Gasteiger partial charge in [-0.2, -0.15) is 13.2 Å². The van der Waals surface area contributed by atoms with Crippen molar-refractivity contribution in [3.8, 4) is 0 Å². The van der Waals surface area contributed by atoms with Crippen LogP contribution in [-0.4, -0.2) is 49.9 Å². The van der Waals surface area contributed by atoms with Gasteiger partial charge in [0.15, 0.2) is 0 Å². The maximum atomic E-state index is 11.7. The quantitative estimate of drug-likeness (QED) is 0.722. The van der Waals surface area contributed by atoms with E-state index in [1.54, 1.807) is 0 Å². The van der Waals surface area contributed by atoms with Crippen LogP contribution in [-0.2, 0) is 0 Å². The van der Waals surface area contributed by atoms with Crippen LogP contribution in [0.15, 0.2) is 0 Å². The summed E-state index contributed by atoms with van der Waals surface area (Å²) in [5, 5.41) is 2.93. The van der Waals surface area contributed by atoms with Crippen molar-refractivity contribution in [3.63, 3.8) is 0 Å². The monoisotopic (exact) mass is 216 g/mol. The number of alkyl halides is 3. The molecule has 0 aliphatic heterocycles. The average Bonchev–Trinajstić information content (AvgIpc) is 1.98. The molecule has 0 aromatic rings. The third-order valence-electron chi connectivity index (χ3n) is 1.48. The fourth-order valence-corrected chi connectivity index (χ4v) is 1.37. The van der Waals surface area contributed by atoms with E-state index < -0.39 is 5.51 Å². The molecule has 0 rings (SSSR count). The molecule has 80 valence electrons. The van der Waals surface area contributed by atoms with Crippen LogP contribution >= 0.6 is 11.8 Å². The van der Waals surface area contributed by atoms with E-state index >= 15 is 0 Å². The Morgan fingerprint density at radius 1 is 1.31 bits per heavy atom. The minimum absolute atomic E-state index is 0.0333. The summed E-state index contributed by atoms with van der Waals surface area (Å²) in [7, 11) is 3.63. The van der Waals surface area contributed by atoms with E-state index in [-0.39, 0.29) is 17.5 Å². The highest BCUT2D eigenvalue weighted by Gasteiger charge is 2.27. The molecule has 1 N–H and O–H groups in total. The van der Waals surface area contributed by atoms with Crippen molar-refractivity contribution >= 4 is 11.8 Å². The highest BCUT2D eigenvalue weighted by molar-refractivity contribution is 8.00. The van der Waals surface area contributed by atoms with Crippen LogP contribution in [0.4, 0.5) is 13.2 Å². The van der Waals surface area contributed by atoms with Crippen molar-refractivity contribution in [1.82, 2.24) is 10.2 Å². The standard InChI is InChI=1S/C7H15F3N2S/c1-11-3-4-12(2)5-6-13-7(8,9)10/h11H,3-6H2,1-2H3. The molecule has 0 aliphatic rings.